The van der Waals surface area contributed by atoms with E-state index in [0.717, 1.165) is 0 Å². The van der Waals surface area contributed by atoms with Crippen molar-refractivity contribution in [2.75, 3.05) is 0 Å². The first-order chi connectivity index (χ1) is 6.07. The second kappa shape index (κ2) is 2.71. The van der Waals surface area contributed by atoms with E-state index in [2.05, 4.69) is 4.98 Å². The van der Waals surface area contributed by atoms with Gasteiger partial charge < -0.3 is 4.42 Å². The fraction of sp³-hybridized carbons (Fsp3) is 0. The average Bonchev–Trinajstić information content (AvgIpc) is 2.45. The summed E-state index contributed by atoms with van der Waals surface area (Å²) in [5.74, 6) is 0. The minimum atomic E-state index is -3.79. The van der Waals surface area contributed by atoms with Crippen LogP contribution in [0, 0.1) is 0 Å². The van der Waals surface area contributed by atoms with Gasteiger partial charge in [-0.15, -0.1) is 0 Å². The third-order valence-electron chi connectivity index (χ3n) is 1.53. The van der Waals surface area contributed by atoms with Gasteiger partial charge in [-0.2, -0.15) is 0 Å². The second-order valence-corrected chi connectivity index (χ2v) is 4.91. The third kappa shape index (κ3) is 1.52. The molecule has 0 saturated heterocycles. The maximum Gasteiger partial charge on any atom is 0.294 e. The van der Waals surface area contributed by atoms with Crippen molar-refractivity contribution in [3.05, 3.63) is 24.5 Å². The highest BCUT2D eigenvalue weighted by molar-refractivity contribution is 8.13. The maximum atomic E-state index is 10.9. The number of furan rings is 1. The first-order valence-electron chi connectivity index (χ1n) is 3.35. The van der Waals surface area contributed by atoms with E-state index in [0.29, 0.717) is 11.0 Å². The summed E-state index contributed by atoms with van der Waals surface area (Å²) in [6.07, 6.45) is 3.01. The van der Waals surface area contributed by atoms with Crippen LogP contribution < -0.4 is 0 Å². The van der Waals surface area contributed by atoms with Crippen molar-refractivity contribution in [1.29, 1.82) is 0 Å². The van der Waals surface area contributed by atoms with Crippen LogP contribution in [0.1, 0.15) is 0 Å². The number of halogens is 1. The average molecular weight is 218 g/mol. The van der Waals surface area contributed by atoms with E-state index < -0.39 is 9.05 Å². The molecule has 0 aliphatic rings. The number of aromatic nitrogens is 1. The molecule has 0 bridgehead atoms. The van der Waals surface area contributed by atoms with Gasteiger partial charge in [-0.05, 0) is 6.07 Å². The highest BCUT2D eigenvalue weighted by Crippen LogP contribution is 2.23. The normalized spacial score (nSPS) is 12.1. The molecule has 2 aromatic heterocycles. The number of pyridine rings is 1. The fourth-order valence-corrected chi connectivity index (χ4v) is 1.67. The topological polar surface area (TPSA) is 60.2 Å². The first kappa shape index (κ1) is 8.52. The molecule has 0 aliphatic heterocycles. The predicted octanol–water partition coefficient (Wildman–Crippen LogP) is 1.76. The van der Waals surface area contributed by atoms with Crippen LogP contribution in [0.4, 0.5) is 0 Å². The zero-order valence-corrected chi connectivity index (χ0v) is 7.84. The van der Waals surface area contributed by atoms with Gasteiger partial charge >= 0.3 is 0 Å². The monoisotopic (exact) mass is 217 g/mol. The summed E-state index contributed by atoms with van der Waals surface area (Å²) >= 11 is 0. The Labute approximate surface area is 78.6 Å². The summed E-state index contributed by atoms with van der Waals surface area (Å²) in [6.45, 7) is 0. The molecule has 0 amide bonds. The Morgan fingerprint density at radius 2 is 2.23 bits per heavy atom. The second-order valence-electron chi connectivity index (χ2n) is 2.42. The van der Waals surface area contributed by atoms with Crippen LogP contribution in [-0.2, 0) is 9.05 Å². The Bertz CT molecular complexity index is 513. The summed E-state index contributed by atoms with van der Waals surface area (Å²) in [6, 6.07) is 2.91. The van der Waals surface area contributed by atoms with Gasteiger partial charge in [0.15, 0.2) is 0 Å². The van der Waals surface area contributed by atoms with E-state index in [1.54, 1.807) is 6.07 Å². The lowest BCUT2D eigenvalue weighted by Gasteiger charge is -1.84. The number of rotatable bonds is 1. The molecule has 2 rings (SSSR count). The van der Waals surface area contributed by atoms with Crippen molar-refractivity contribution < 1.29 is 12.8 Å². The summed E-state index contributed by atoms with van der Waals surface area (Å²) in [5, 5.41) is 0.360. The van der Waals surface area contributed by atoms with E-state index >= 15 is 0 Å². The Morgan fingerprint density at radius 3 is 2.85 bits per heavy atom. The molecular formula is C7H4ClNO3S. The highest BCUT2D eigenvalue weighted by Gasteiger charge is 2.15. The van der Waals surface area contributed by atoms with E-state index in [1.165, 1.54) is 18.5 Å². The lowest BCUT2D eigenvalue weighted by Crippen LogP contribution is -1.84. The van der Waals surface area contributed by atoms with Crippen LogP contribution in [0.3, 0.4) is 0 Å². The van der Waals surface area contributed by atoms with Gasteiger partial charge in [0.1, 0.15) is 5.58 Å². The number of nitrogens with zero attached hydrogens (tertiary/aromatic N) is 1. The molecule has 2 heterocycles. The molecule has 0 radical (unpaired) electrons. The molecule has 0 fully saturated rings. The SMILES string of the molecule is O=S(=O)(Cl)c1cc2cnccc2o1. The van der Waals surface area contributed by atoms with Crippen molar-refractivity contribution in [1.82, 2.24) is 4.98 Å². The summed E-state index contributed by atoms with van der Waals surface area (Å²) in [7, 11) is 1.30. The molecule has 0 N–H and O–H groups in total. The summed E-state index contributed by atoms with van der Waals surface area (Å²) in [5.41, 5.74) is 0.453. The molecule has 68 valence electrons. The lowest BCUT2D eigenvalue weighted by molar-refractivity contribution is 0.488. The quantitative estimate of drug-likeness (QED) is 0.683. The molecule has 4 nitrogen and oxygen atoms in total. The third-order valence-corrected chi connectivity index (χ3v) is 2.67. The van der Waals surface area contributed by atoms with E-state index in [9.17, 15) is 8.42 Å². The van der Waals surface area contributed by atoms with Gasteiger partial charge in [-0.25, -0.2) is 8.42 Å². The van der Waals surface area contributed by atoms with Crippen LogP contribution in [-0.4, -0.2) is 13.4 Å². The van der Waals surface area contributed by atoms with Crippen LogP contribution in [0.25, 0.3) is 11.0 Å². The Kier molecular flexibility index (Phi) is 1.78. The first-order valence-corrected chi connectivity index (χ1v) is 5.66. The van der Waals surface area contributed by atoms with Gasteiger partial charge in [0.25, 0.3) is 9.05 Å². The van der Waals surface area contributed by atoms with Crippen molar-refractivity contribution >= 4 is 30.7 Å². The van der Waals surface area contributed by atoms with Crippen molar-refractivity contribution in [3.8, 4) is 0 Å². The Morgan fingerprint density at radius 1 is 1.46 bits per heavy atom. The van der Waals surface area contributed by atoms with Crippen LogP contribution in [0.5, 0.6) is 0 Å². The fourth-order valence-electron chi connectivity index (χ4n) is 0.980. The van der Waals surface area contributed by atoms with Gasteiger partial charge in [0, 0.05) is 34.5 Å². The number of hydrogen-bond acceptors (Lipinski definition) is 4. The molecule has 2 aromatic rings. The molecule has 0 saturated carbocycles. The molecular weight excluding hydrogens is 214 g/mol. The van der Waals surface area contributed by atoms with Gasteiger partial charge in [0.05, 0.1) is 0 Å². The molecule has 0 aliphatic carbocycles. The van der Waals surface area contributed by atoms with Gasteiger partial charge in [-0.3, -0.25) is 4.98 Å². The molecule has 0 unspecified atom stereocenters. The highest BCUT2D eigenvalue weighted by atomic mass is 35.7. The molecule has 6 heteroatoms. The molecule has 0 aromatic carbocycles. The van der Waals surface area contributed by atoms with Crippen LogP contribution in [0.15, 0.2) is 34.0 Å². The lowest BCUT2D eigenvalue weighted by atomic mass is 10.3. The smallest absolute Gasteiger partial charge is 0.294 e. The molecule has 0 spiro atoms. The van der Waals surface area contributed by atoms with Crippen molar-refractivity contribution in [3.63, 3.8) is 0 Å². The summed E-state index contributed by atoms with van der Waals surface area (Å²) in [4.78, 5) is 3.81. The maximum absolute atomic E-state index is 10.9. The minimum Gasteiger partial charge on any atom is -0.443 e. The zero-order valence-electron chi connectivity index (χ0n) is 6.27. The van der Waals surface area contributed by atoms with Crippen LogP contribution in [0.2, 0.25) is 0 Å². The van der Waals surface area contributed by atoms with E-state index in [-0.39, 0.29) is 5.09 Å². The van der Waals surface area contributed by atoms with Gasteiger partial charge in [0.2, 0.25) is 5.09 Å². The molecule has 13 heavy (non-hydrogen) atoms. The van der Waals surface area contributed by atoms with Crippen LogP contribution >= 0.6 is 10.7 Å². The predicted molar refractivity (Wildman–Crippen MR) is 47.0 cm³/mol. The van der Waals surface area contributed by atoms with E-state index in [4.69, 9.17) is 15.1 Å². The number of hydrogen-bond donors (Lipinski definition) is 0. The minimum absolute atomic E-state index is 0.253. The van der Waals surface area contributed by atoms with E-state index in [1.807, 2.05) is 0 Å². The largest absolute Gasteiger partial charge is 0.443 e. The van der Waals surface area contributed by atoms with Crippen molar-refractivity contribution in [2.24, 2.45) is 0 Å². The Hall–Kier alpha value is -1.07. The Balaban J connectivity index is 2.77. The zero-order chi connectivity index (χ0) is 9.47. The van der Waals surface area contributed by atoms with Gasteiger partial charge in [-0.1, -0.05) is 0 Å². The summed E-state index contributed by atoms with van der Waals surface area (Å²) < 4.78 is 26.7. The van der Waals surface area contributed by atoms with Crippen molar-refractivity contribution in [2.45, 2.75) is 5.09 Å². The number of fused-ring (bicyclic) bond motifs is 1. The standard InChI is InChI=1S/C7H4ClNO3S/c8-13(10,11)7-3-5-4-9-2-1-6(5)12-7/h1-4H. The molecule has 0 atom stereocenters.